The van der Waals surface area contributed by atoms with Gasteiger partial charge in [0.2, 0.25) is 21.8 Å². The molecule has 1 aliphatic rings. The molecule has 0 saturated carbocycles. The number of nitrogens with one attached hydrogen (secondary N) is 1. The van der Waals surface area contributed by atoms with Crippen molar-refractivity contribution in [1.29, 1.82) is 0 Å². The van der Waals surface area contributed by atoms with Crippen LogP contribution in [0.3, 0.4) is 0 Å². The lowest BCUT2D eigenvalue weighted by Gasteiger charge is -2.32. The van der Waals surface area contributed by atoms with Crippen LogP contribution in [0.5, 0.6) is 0 Å². The average molecular weight is 430 g/mol. The van der Waals surface area contributed by atoms with E-state index in [2.05, 4.69) is 5.32 Å². The highest BCUT2D eigenvalue weighted by Crippen LogP contribution is 2.28. The fourth-order valence-corrected chi connectivity index (χ4v) is 5.33. The van der Waals surface area contributed by atoms with Crippen LogP contribution in [0.1, 0.15) is 40.0 Å². The molecule has 1 fully saturated rings. The maximum absolute atomic E-state index is 12.8. The Morgan fingerprint density at radius 2 is 1.93 bits per heavy atom. The van der Waals surface area contributed by atoms with Crippen LogP contribution in [-0.2, 0) is 19.6 Å². The van der Waals surface area contributed by atoms with E-state index in [1.165, 1.54) is 16.4 Å². The number of sulfonamides is 1. The molecule has 1 aromatic carbocycles. The van der Waals surface area contributed by atoms with E-state index in [0.717, 1.165) is 6.42 Å². The van der Waals surface area contributed by atoms with E-state index in [-0.39, 0.29) is 27.7 Å². The van der Waals surface area contributed by atoms with Crippen LogP contribution in [0, 0.1) is 5.92 Å². The molecular weight excluding hydrogens is 402 g/mol. The molecule has 7 nitrogen and oxygen atoms in total. The van der Waals surface area contributed by atoms with E-state index in [4.69, 9.17) is 11.6 Å². The molecule has 9 heteroatoms. The van der Waals surface area contributed by atoms with Gasteiger partial charge >= 0.3 is 0 Å². The topological polar surface area (TPSA) is 86.8 Å². The predicted octanol–water partition coefficient (Wildman–Crippen LogP) is 2.96. The van der Waals surface area contributed by atoms with Gasteiger partial charge in [0.25, 0.3) is 0 Å². The van der Waals surface area contributed by atoms with Crippen molar-refractivity contribution < 1.29 is 18.0 Å². The van der Waals surface area contributed by atoms with E-state index < -0.39 is 10.0 Å². The van der Waals surface area contributed by atoms with Crippen LogP contribution < -0.4 is 5.32 Å². The van der Waals surface area contributed by atoms with Crippen LogP contribution >= 0.6 is 11.6 Å². The largest absolute Gasteiger partial charge is 0.342 e. The molecule has 1 unspecified atom stereocenters. The number of rotatable bonds is 7. The third-order valence-corrected chi connectivity index (χ3v) is 7.50. The minimum Gasteiger partial charge on any atom is -0.342 e. The van der Waals surface area contributed by atoms with Crippen molar-refractivity contribution in [2.75, 3.05) is 31.5 Å². The monoisotopic (exact) mass is 429 g/mol. The standard InChI is InChI=1S/C19H28ClN3O4S/c1-4-18(24)22-11-7-8-14(13-22)19(25)21-15-9-10-16(20)17(12-15)28(26,27)23(5-2)6-3/h9-10,12,14H,4-8,11,13H2,1-3H3,(H,21,25). The van der Waals surface area contributed by atoms with Gasteiger partial charge in [-0.3, -0.25) is 9.59 Å². The lowest BCUT2D eigenvalue weighted by Crippen LogP contribution is -2.43. The highest BCUT2D eigenvalue weighted by Gasteiger charge is 2.29. The Labute approximate surface area is 172 Å². The van der Waals surface area contributed by atoms with Crippen LogP contribution in [0.25, 0.3) is 0 Å². The maximum atomic E-state index is 12.8. The molecule has 156 valence electrons. The van der Waals surface area contributed by atoms with Crippen molar-refractivity contribution >= 4 is 39.1 Å². The first-order chi connectivity index (χ1) is 13.2. The number of anilines is 1. The molecule has 2 amide bonds. The molecule has 0 aromatic heterocycles. The first kappa shape index (κ1) is 22.6. The first-order valence-electron chi connectivity index (χ1n) is 9.62. The van der Waals surface area contributed by atoms with Crippen molar-refractivity contribution in [1.82, 2.24) is 9.21 Å². The molecular formula is C19H28ClN3O4S. The van der Waals surface area contributed by atoms with Gasteiger partial charge in [0, 0.05) is 38.3 Å². The molecule has 0 bridgehead atoms. The second-order valence-electron chi connectivity index (χ2n) is 6.76. The van der Waals surface area contributed by atoms with Gasteiger partial charge < -0.3 is 10.2 Å². The summed E-state index contributed by atoms with van der Waals surface area (Å²) in [6, 6.07) is 4.45. The summed E-state index contributed by atoms with van der Waals surface area (Å²) in [5, 5.41) is 2.90. The number of amides is 2. The van der Waals surface area contributed by atoms with E-state index in [1.54, 1.807) is 31.7 Å². The number of hydrogen-bond acceptors (Lipinski definition) is 4. The molecule has 28 heavy (non-hydrogen) atoms. The molecule has 0 radical (unpaired) electrons. The zero-order valence-corrected chi connectivity index (χ0v) is 18.1. The van der Waals surface area contributed by atoms with Crippen molar-refractivity contribution in [3.05, 3.63) is 23.2 Å². The van der Waals surface area contributed by atoms with Crippen LogP contribution in [0.2, 0.25) is 5.02 Å². The molecule has 0 aliphatic carbocycles. The summed E-state index contributed by atoms with van der Waals surface area (Å²) in [5.41, 5.74) is 0.374. The molecule has 1 heterocycles. The number of benzene rings is 1. The van der Waals surface area contributed by atoms with Crippen LogP contribution in [0.4, 0.5) is 5.69 Å². The molecule has 1 atom stereocenters. The number of carbonyl (C=O) groups is 2. The van der Waals surface area contributed by atoms with Gasteiger partial charge in [-0.05, 0) is 31.0 Å². The number of nitrogens with zero attached hydrogens (tertiary/aromatic N) is 2. The second kappa shape index (κ2) is 9.71. The van der Waals surface area contributed by atoms with E-state index in [0.29, 0.717) is 44.7 Å². The number of piperidine rings is 1. The lowest BCUT2D eigenvalue weighted by molar-refractivity contribution is -0.134. The Hall–Kier alpha value is -1.64. The summed E-state index contributed by atoms with van der Waals surface area (Å²) in [7, 11) is -3.74. The van der Waals surface area contributed by atoms with Gasteiger partial charge in [-0.2, -0.15) is 4.31 Å². The summed E-state index contributed by atoms with van der Waals surface area (Å²) in [5.74, 6) is -0.499. The first-order valence-corrected chi connectivity index (χ1v) is 11.4. The quantitative estimate of drug-likeness (QED) is 0.721. The summed E-state index contributed by atoms with van der Waals surface area (Å²) in [6.07, 6.45) is 1.88. The Morgan fingerprint density at radius 1 is 1.25 bits per heavy atom. The highest BCUT2D eigenvalue weighted by atomic mass is 35.5. The second-order valence-corrected chi connectivity index (χ2v) is 9.07. The smallest absolute Gasteiger partial charge is 0.244 e. The van der Waals surface area contributed by atoms with Crippen molar-refractivity contribution in [3.8, 4) is 0 Å². The third kappa shape index (κ3) is 5.04. The zero-order valence-electron chi connectivity index (χ0n) is 16.6. The Kier molecular flexibility index (Phi) is 7.86. The number of halogens is 1. The molecule has 1 aliphatic heterocycles. The summed E-state index contributed by atoms with van der Waals surface area (Å²) < 4.78 is 26.9. The summed E-state index contributed by atoms with van der Waals surface area (Å²) in [4.78, 5) is 26.3. The predicted molar refractivity (Wildman–Crippen MR) is 110 cm³/mol. The zero-order chi connectivity index (χ0) is 20.9. The van der Waals surface area contributed by atoms with Gasteiger partial charge in [-0.25, -0.2) is 8.42 Å². The summed E-state index contributed by atoms with van der Waals surface area (Å²) in [6.45, 7) is 7.03. The minimum atomic E-state index is -3.74. The van der Waals surface area contributed by atoms with Gasteiger partial charge in [0.1, 0.15) is 4.90 Å². The normalized spacial score (nSPS) is 17.6. The SMILES string of the molecule is CCC(=O)N1CCCC(C(=O)Nc2ccc(Cl)c(S(=O)(=O)N(CC)CC)c2)C1. The molecule has 1 aromatic rings. The Morgan fingerprint density at radius 3 is 2.54 bits per heavy atom. The van der Waals surface area contributed by atoms with Crippen LogP contribution in [-0.4, -0.2) is 55.6 Å². The Bertz CT molecular complexity index is 824. The molecule has 0 spiro atoms. The lowest BCUT2D eigenvalue weighted by atomic mass is 9.96. The van der Waals surface area contributed by atoms with Gasteiger partial charge in [0.05, 0.1) is 10.9 Å². The minimum absolute atomic E-state index is 0.0258. The third-order valence-electron chi connectivity index (χ3n) is 4.97. The molecule has 1 N–H and O–H groups in total. The van der Waals surface area contributed by atoms with Crippen LogP contribution in [0.15, 0.2) is 23.1 Å². The van der Waals surface area contributed by atoms with Gasteiger partial charge in [-0.15, -0.1) is 0 Å². The van der Waals surface area contributed by atoms with Crippen molar-refractivity contribution in [3.63, 3.8) is 0 Å². The highest BCUT2D eigenvalue weighted by molar-refractivity contribution is 7.89. The number of hydrogen-bond donors (Lipinski definition) is 1. The van der Waals surface area contributed by atoms with Gasteiger partial charge in [0.15, 0.2) is 0 Å². The van der Waals surface area contributed by atoms with E-state index in [1.807, 2.05) is 0 Å². The average Bonchev–Trinajstić information content (AvgIpc) is 2.69. The van der Waals surface area contributed by atoms with Crippen molar-refractivity contribution in [2.45, 2.75) is 44.9 Å². The van der Waals surface area contributed by atoms with Gasteiger partial charge in [-0.1, -0.05) is 32.4 Å². The fraction of sp³-hybridized carbons (Fsp3) is 0.579. The maximum Gasteiger partial charge on any atom is 0.244 e. The molecule has 1 saturated heterocycles. The number of carbonyl (C=O) groups excluding carboxylic acids is 2. The van der Waals surface area contributed by atoms with Crippen molar-refractivity contribution in [2.24, 2.45) is 5.92 Å². The molecule has 2 rings (SSSR count). The van der Waals surface area contributed by atoms with E-state index >= 15 is 0 Å². The fourth-order valence-electron chi connectivity index (χ4n) is 3.37. The number of likely N-dealkylation sites (tertiary alicyclic amines) is 1. The Balaban J connectivity index is 2.19. The van der Waals surface area contributed by atoms with E-state index in [9.17, 15) is 18.0 Å². The summed E-state index contributed by atoms with van der Waals surface area (Å²) >= 11 is 6.13.